The summed E-state index contributed by atoms with van der Waals surface area (Å²) in [7, 11) is 0. The maximum Gasteiger partial charge on any atom is 0.319 e. The van der Waals surface area contributed by atoms with Gasteiger partial charge in [-0.15, -0.1) is 0 Å². The number of fused-ring (bicyclic) bond motifs is 2. The monoisotopic (exact) mass is 342 g/mol. The number of amides is 4. The lowest BCUT2D eigenvalue weighted by Gasteiger charge is -2.40. The third-order valence-electron chi connectivity index (χ3n) is 5.38. The van der Waals surface area contributed by atoms with Gasteiger partial charge in [-0.3, -0.25) is 9.59 Å². The second-order valence-electron chi connectivity index (χ2n) is 7.03. The van der Waals surface area contributed by atoms with Gasteiger partial charge < -0.3 is 20.4 Å². The lowest BCUT2D eigenvalue weighted by atomic mass is 10.0. The van der Waals surface area contributed by atoms with Gasteiger partial charge in [0.15, 0.2) is 0 Å². The average molecular weight is 342 g/mol. The number of nitrogens with one attached hydrogen (secondary N) is 2. The zero-order valence-electron chi connectivity index (χ0n) is 14.2. The number of anilines is 1. The molecule has 3 atom stereocenters. The van der Waals surface area contributed by atoms with Crippen LogP contribution in [-0.4, -0.2) is 58.9 Å². The molecule has 4 rings (SSSR count). The van der Waals surface area contributed by atoms with Crippen LogP contribution in [0.15, 0.2) is 24.3 Å². The van der Waals surface area contributed by atoms with E-state index in [-0.39, 0.29) is 29.9 Å². The molecule has 3 heterocycles. The van der Waals surface area contributed by atoms with Crippen molar-refractivity contribution in [3.63, 3.8) is 0 Å². The Hall–Kier alpha value is -2.57. The zero-order chi connectivity index (χ0) is 17.6. The topological polar surface area (TPSA) is 81.8 Å². The van der Waals surface area contributed by atoms with Crippen molar-refractivity contribution in [1.29, 1.82) is 0 Å². The van der Waals surface area contributed by atoms with E-state index < -0.39 is 6.04 Å². The quantitative estimate of drug-likeness (QED) is 0.844. The smallest absolute Gasteiger partial charge is 0.319 e. The molecule has 3 saturated heterocycles. The number of carbonyl (C=O) groups excluding carboxylic acids is 3. The van der Waals surface area contributed by atoms with Gasteiger partial charge in [0.2, 0.25) is 11.8 Å². The number of aryl methyl sites for hydroxylation is 1. The molecule has 3 aliphatic rings. The Morgan fingerprint density at radius 3 is 2.56 bits per heavy atom. The van der Waals surface area contributed by atoms with E-state index in [0.29, 0.717) is 25.2 Å². The third kappa shape index (κ3) is 2.73. The number of benzene rings is 1. The first-order chi connectivity index (χ1) is 12.0. The molecule has 0 bridgehead atoms. The molecule has 0 aliphatic carbocycles. The molecule has 7 nitrogen and oxygen atoms in total. The Balaban J connectivity index is 1.44. The van der Waals surface area contributed by atoms with Crippen molar-refractivity contribution in [3.8, 4) is 0 Å². The molecule has 1 aromatic rings. The van der Waals surface area contributed by atoms with Crippen LogP contribution >= 0.6 is 0 Å². The SMILES string of the molecule is Cc1ccc(NC(=O)N[C@@H]2CCN3C(=O)[C@H]4CCCN4C(=O)[C@H]23)cc1. The van der Waals surface area contributed by atoms with Gasteiger partial charge in [0.1, 0.15) is 12.1 Å². The minimum absolute atomic E-state index is 0.0276. The van der Waals surface area contributed by atoms with Crippen molar-refractivity contribution < 1.29 is 14.4 Å². The van der Waals surface area contributed by atoms with Crippen molar-refractivity contribution in [2.75, 3.05) is 18.4 Å². The summed E-state index contributed by atoms with van der Waals surface area (Å²) in [6, 6.07) is 5.96. The summed E-state index contributed by atoms with van der Waals surface area (Å²) >= 11 is 0. The molecule has 25 heavy (non-hydrogen) atoms. The summed E-state index contributed by atoms with van der Waals surface area (Å²) in [6.07, 6.45) is 2.22. The van der Waals surface area contributed by atoms with E-state index in [1.165, 1.54) is 0 Å². The fraction of sp³-hybridized carbons (Fsp3) is 0.500. The predicted molar refractivity (Wildman–Crippen MR) is 92.0 cm³/mol. The molecule has 0 spiro atoms. The van der Waals surface area contributed by atoms with E-state index in [2.05, 4.69) is 10.6 Å². The van der Waals surface area contributed by atoms with Crippen molar-refractivity contribution >= 4 is 23.5 Å². The number of piperazine rings is 1. The summed E-state index contributed by atoms with van der Waals surface area (Å²) in [5, 5.41) is 5.67. The van der Waals surface area contributed by atoms with Gasteiger partial charge in [0.05, 0.1) is 6.04 Å². The maximum atomic E-state index is 12.8. The van der Waals surface area contributed by atoms with E-state index in [0.717, 1.165) is 18.4 Å². The fourth-order valence-electron chi connectivity index (χ4n) is 4.12. The number of nitrogens with zero attached hydrogens (tertiary/aromatic N) is 2. The summed E-state index contributed by atoms with van der Waals surface area (Å²) < 4.78 is 0. The molecule has 132 valence electrons. The minimum Gasteiger partial charge on any atom is -0.332 e. The average Bonchev–Trinajstić information content (AvgIpc) is 3.22. The number of urea groups is 1. The normalized spacial score (nSPS) is 28.0. The van der Waals surface area contributed by atoms with Crippen LogP contribution in [0.3, 0.4) is 0 Å². The summed E-state index contributed by atoms with van der Waals surface area (Å²) in [6.45, 7) is 3.14. The second-order valence-corrected chi connectivity index (χ2v) is 7.03. The maximum absolute atomic E-state index is 12.8. The molecular formula is C18H22N4O3. The van der Waals surface area contributed by atoms with Crippen molar-refractivity contribution in [1.82, 2.24) is 15.1 Å². The molecule has 0 radical (unpaired) electrons. The molecule has 0 unspecified atom stereocenters. The van der Waals surface area contributed by atoms with Crippen LogP contribution in [0.2, 0.25) is 0 Å². The summed E-state index contributed by atoms with van der Waals surface area (Å²) in [5.74, 6) is 0.00517. The molecule has 3 fully saturated rings. The summed E-state index contributed by atoms with van der Waals surface area (Å²) in [4.78, 5) is 41.0. The van der Waals surface area contributed by atoms with E-state index in [1.807, 2.05) is 31.2 Å². The molecule has 7 heteroatoms. The van der Waals surface area contributed by atoms with Gasteiger partial charge in [-0.05, 0) is 38.3 Å². The highest BCUT2D eigenvalue weighted by molar-refractivity contribution is 5.99. The Labute approximate surface area is 146 Å². The molecular weight excluding hydrogens is 320 g/mol. The fourth-order valence-corrected chi connectivity index (χ4v) is 4.12. The van der Waals surface area contributed by atoms with Gasteiger partial charge in [-0.25, -0.2) is 4.79 Å². The first-order valence-electron chi connectivity index (χ1n) is 8.80. The molecule has 4 amide bonds. The number of hydrogen-bond acceptors (Lipinski definition) is 3. The van der Waals surface area contributed by atoms with E-state index in [4.69, 9.17) is 0 Å². The van der Waals surface area contributed by atoms with Crippen molar-refractivity contribution in [2.24, 2.45) is 0 Å². The Morgan fingerprint density at radius 2 is 1.80 bits per heavy atom. The predicted octanol–water partition coefficient (Wildman–Crippen LogP) is 1.09. The third-order valence-corrected chi connectivity index (χ3v) is 5.38. The van der Waals surface area contributed by atoms with Crippen LogP contribution < -0.4 is 10.6 Å². The van der Waals surface area contributed by atoms with Crippen LogP contribution in [-0.2, 0) is 9.59 Å². The molecule has 0 aromatic heterocycles. The molecule has 0 saturated carbocycles. The van der Waals surface area contributed by atoms with Crippen LogP contribution in [0.25, 0.3) is 0 Å². The lowest BCUT2D eigenvalue weighted by Crippen LogP contribution is -2.64. The van der Waals surface area contributed by atoms with E-state index in [1.54, 1.807) is 9.80 Å². The molecule has 1 aromatic carbocycles. The van der Waals surface area contributed by atoms with Crippen LogP contribution in [0, 0.1) is 6.92 Å². The first kappa shape index (κ1) is 15.9. The van der Waals surface area contributed by atoms with Gasteiger partial charge in [0.25, 0.3) is 0 Å². The van der Waals surface area contributed by atoms with Gasteiger partial charge in [-0.1, -0.05) is 17.7 Å². The van der Waals surface area contributed by atoms with Gasteiger partial charge in [-0.2, -0.15) is 0 Å². The van der Waals surface area contributed by atoms with Crippen LogP contribution in [0.5, 0.6) is 0 Å². The Morgan fingerprint density at radius 1 is 1.04 bits per heavy atom. The Bertz CT molecular complexity index is 718. The highest BCUT2D eigenvalue weighted by Crippen LogP contribution is 2.32. The Kier molecular flexibility index (Phi) is 3.86. The van der Waals surface area contributed by atoms with Crippen LogP contribution in [0.1, 0.15) is 24.8 Å². The second kappa shape index (κ2) is 6.06. The molecule has 3 aliphatic heterocycles. The van der Waals surface area contributed by atoms with Crippen LogP contribution in [0.4, 0.5) is 10.5 Å². The van der Waals surface area contributed by atoms with E-state index >= 15 is 0 Å². The molecule has 2 N–H and O–H groups in total. The number of hydrogen-bond donors (Lipinski definition) is 2. The lowest BCUT2D eigenvalue weighted by molar-refractivity contribution is -0.157. The van der Waals surface area contributed by atoms with E-state index in [9.17, 15) is 14.4 Å². The highest BCUT2D eigenvalue weighted by atomic mass is 16.2. The first-order valence-corrected chi connectivity index (χ1v) is 8.80. The minimum atomic E-state index is -0.564. The van der Waals surface area contributed by atoms with Crippen molar-refractivity contribution in [3.05, 3.63) is 29.8 Å². The van der Waals surface area contributed by atoms with Gasteiger partial charge in [0, 0.05) is 18.8 Å². The van der Waals surface area contributed by atoms with Crippen molar-refractivity contribution in [2.45, 2.75) is 44.3 Å². The van der Waals surface area contributed by atoms with Gasteiger partial charge >= 0.3 is 6.03 Å². The number of carbonyl (C=O) groups is 3. The standard InChI is InChI=1S/C18H22N4O3/c1-11-4-6-12(7-5-11)19-18(25)20-13-8-10-22-15(13)17(24)21-9-2-3-14(21)16(22)23/h4-7,13-15H,2-3,8-10H2,1H3,(H2,19,20,25)/t13-,14-,15+/m1/s1. The number of rotatable bonds is 2. The highest BCUT2D eigenvalue weighted by Gasteiger charge is 2.53. The zero-order valence-corrected chi connectivity index (χ0v) is 14.2. The summed E-state index contributed by atoms with van der Waals surface area (Å²) in [5.41, 5.74) is 1.81. The largest absolute Gasteiger partial charge is 0.332 e.